The van der Waals surface area contributed by atoms with Crippen molar-refractivity contribution in [2.75, 3.05) is 5.88 Å². The molecule has 0 saturated carbocycles. The van der Waals surface area contributed by atoms with E-state index in [1.807, 2.05) is 12.1 Å². The van der Waals surface area contributed by atoms with E-state index in [-0.39, 0.29) is 0 Å². The molecule has 3 heteroatoms. The second kappa shape index (κ2) is 4.70. The van der Waals surface area contributed by atoms with Gasteiger partial charge in [-0.1, -0.05) is 23.7 Å². The number of aliphatic hydroxyl groups excluding tert-OH is 1. The molecule has 0 fully saturated rings. The van der Waals surface area contributed by atoms with Crippen LogP contribution >= 0.6 is 23.2 Å². The molecule has 0 radical (unpaired) electrons. The van der Waals surface area contributed by atoms with Gasteiger partial charge in [0.15, 0.2) is 0 Å². The van der Waals surface area contributed by atoms with Crippen molar-refractivity contribution in [3.8, 4) is 0 Å². The van der Waals surface area contributed by atoms with Gasteiger partial charge in [-0.2, -0.15) is 0 Å². The standard InChI is InChI=1S/C9H10Cl2O/c10-5-4-9(12)7-2-1-3-8(11)6-7/h1-3,6,9,12H,4-5H2/t9-/m0/s1. The molecule has 1 rings (SSSR count). The Kier molecular flexibility index (Phi) is 3.86. The van der Waals surface area contributed by atoms with Crippen molar-refractivity contribution < 1.29 is 5.11 Å². The normalized spacial score (nSPS) is 12.9. The highest BCUT2D eigenvalue weighted by molar-refractivity contribution is 6.30. The largest absolute Gasteiger partial charge is 0.388 e. The Morgan fingerprint density at radius 1 is 1.42 bits per heavy atom. The monoisotopic (exact) mass is 204 g/mol. The zero-order chi connectivity index (χ0) is 8.97. The Morgan fingerprint density at radius 2 is 2.17 bits per heavy atom. The maximum Gasteiger partial charge on any atom is 0.0801 e. The van der Waals surface area contributed by atoms with Crippen LogP contribution in [0.1, 0.15) is 18.1 Å². The molecule has 0 aliphatic rings. The van der Waals surface area contributed by atoms with E-state index >= 15 is 0 Å². The molecule has 1 nitrogen and oxygen atoms in total. The second-order valence-corrected chi connectivity index (χ2v) is 3.36. The Hall–Kier alpha value is -0.240. The molecule has 12 heavy (non-hydrogen) atoms. The van der Waals surface area contributed by atoms with Gasteiger partial charge in [0.25, 0.3) is 0 Å². The predicted octanol–water partition coefficient (Wildman–Crippen LogP) is 3.00. The first-order valence-electron chi connectivity index (χ1n) is 3.73. The molecule has 66 valence electrons. The molecule has 0 saturated heterocycles. The number of hydrogen-bond acceptors (Lipinski definition) is 1. The number of alkyl halides is 1. The molecule has 0 spiro atoms. The van der Waals surface area contributed by atoms with E-state index in [9.17, 15) is 5.11 Å². The average Bonchev–Trinajstić information content (AvgIpc) is 2.05. The van der Waals surface area contributed by atoms with Gasteiger partial charge in [0.05, 0.1) is 6.10 Å². The van der Waals surface area contributed by atoms with E-state index in [0.29, 0.717) is 17.3 Å². The molecular formula is C9H10Cl2O. The SMILES string of the molecule is O[C@@H](CCCl)c1cccc(Cl)c1. The molecule has 0 aliphatic carbocycles. The fraction of sp³-hybridized carbons (Fsp3) is 0.333. The molecule has 0 unspecified atom stereocenters. The zero-order valence-electron chi connectivity index (χ0n) is 6.50. The van der Waals surface area contributed by atoms with Crippen LogP contribution in [-0.2, 0) is 0 Å². The van der Waals surface area contributed by atoms with Gasteiger partial charge in [0.2, 0.25) is 0 Å². The van der Waals surface area contributed by atoms with E-state index < -0.39 is 6.10 Å². The van der Waals surface area contributed by atoms with Gasteiger partial charge in [0, 0.05) is 10.9 Å². The van der Waals surface area contributed by atoms with Crippen molar-refractivity contribution in [3.63, 3.8) is 0 Å². The van der Waals surface area contributed by atoms with Crippen LogP contribution in [0.5, 0.6) is 0 Å². The Bertz CT molecular complexity index is 250. The van der Waals surface area contributed by atoms with Gasteiger partial charge in [0.1, 0.15) is 0 Å². The van der Waals surface area contributed by atoms with Crippen molar-refractivity contribution >= 4 is 23.2 Å². The summed E-state index contributed by atoms with van der Waals surface area (Å²) in [5.74, 6) is 0.452. The number of halogens is 2. The first kappa shape index (κ1) is 9.85. The van der Waals surface area contributed by atoms with E-state index in [4.69, 9.17) is 23.2 Å². The van der Waals surface area contributed by atoms with Gasteiger partial charge in [-0.05, 0) is 24.1 Å². The summed E-state index contributed by atoms with van der Waals surface area (Å²) in [5.41, 5.74) is 0.822. The third-order valence-electron chi connectivity index (χ3n) is 1.62. The molecular weight excluding hydrogens is 195 g/mol. The van der Waals surface area contributed by atoms with Crippen molar-refractivity contribution in [1.82, 2.24) is 0 Å². The Balaban J connectivity index is 2.73. The van der Waals surface area contributed by atoms with Crippen molar-refractivity contribution in [2.45, 2.75) is 12.5 Å². The lowest BCUT2D eigenvalue weighted by molar-refractivity contribution is 0.174. The van der Waals surface area contributed by atoms with Crippen LogP contribution in [0.3, 0.4) is 0 Å². The van der Waals surface area contributed by atoms with E-state index in [1.165, 1.54) is 0 Å². The summed E-state index contributed by atoms with van der Waals surface area (Å²) in [7, 11) is 0. The molecule has 1 atom stereocenters. The lowest BCUT2D eigenvalue weighted by atomic mass is 10.1. The van der Waals surface area contributed by atoms with Crippen LogP contribution in [0.25, 0.3) is 0 Å². The molecule has 0 bridgehead atoms. The molecule has 0 aliphatic heterocycles. The summed E-state index contributed by atoms with van der Waals surface area (Å²) in [4.78, 5) is 0. The van der Waals surface area contributed by atoms with Crippen LogP contribution in [0.15, 0.2) is 24.3 Å². The lowest BCUT2D eigenvalue weighted by Gasteiger charge is -2.08. The number of benzene rings is 1. The average molecular weight is 205 g/mol. The molecule has 0 heterocycles. The van der Waals surface area contributed by atoms with Crippen LogP contribution in [0, 0.1) is 0 Å². The predicted molar refractivity (Wildman–Crippen MR) is 51.7 cm³/mol. The van der Waals surface area contributed by atoms with Gasteiger partial charge in [-0.3, -0.25) is 0 Å². The van der Waals surface area contributed by atoms with Crippen molar-refractivity contribution in [3.05, 3.63) is 34.9 Å². The molecule has 1 aromatic rings. The minimum Gasteiger partial charge on any atom is -0.388 e. The lowest BCUT2D eigenvalue weighted by Crippen LogP contribution is -1.97. The van der Waals surface area contributed by atoms with Gasteiger partial charge in [-0.15, -0.1) is 11.6 Å². The molecule has 1 aromatic carbocycles. The first-order valence-corrected chi connectivity index (χ1v) is 4.65. The van der Waals surface area contributed by atoms with Gasteiger partial charge < -0.3 is 5.11 Å². The fourth-order valence-electron chi connectivity index (χ4n) is 0.984. The fourth-order valence-corrected chi connectivity index (χ4v) is 1.39. The van der Waals surface area contributed by atoms with Gasteiger partial charge >= 0.3 is 0 Å². The van der Waals surface area contributed by atoms with Crippen LogP contribution in [0.4, 0.5) is 0 Å². The minimum atomic E-state index is -0.499. The number of aliphatic hydroxyl groups is 1. The maximum atomic E-state index is 9.50. The highest BCUT2D eigenvalue weighted by atomic mass is 35.5. The summed E-state index contributed by atoms with van der Waals surface area (Å²) in [6, 6.07) is 7.18. The molecule has 0 amide bonds. The third-order valence-corrected chi connectivity index (χ3v) is 2.07. The number of rotatable bonds is 3. The van der Waals surface area contributed by atoms with E-state index in [1.54, 1.807) is 12.1 Å². The third kappa shape index (κ3) is 2.67. The zero-order valence-corrected chi connectivity index (χ0v) is 8.02. The highest BCUT2D eigenvalue weighted by Crippen LogP contribution is 2.20. The minimum absolute atomic E-state index is 0.452. The van der Waals surface area contributed by atoms with E-state index in [0.717, 1.165) is 5.56 Å². The summed E-state index contributed by atoms with van der Waals surface area (Å²) in [6.45, 7) is 0. The first-order chi connectivity index (χ1) is 5.74. The van der Waals surface area contributed by atoms with Crippen LogP contribution in [0.2, 0.25) is 5.02 Å². The Labute approximate surface area is 81.9 Å². The summed E-state index contributed by atoms with van der Waals surface area (Å²) < 4.78 is 0. The highest BCUT2D eigenvalue weighted by Gasteiger charge is 2.05. The summed E-state index contributed by atoms with van der Waals surface area (Å²) >= 11 is 11.2. The number of hydrogen-bond donors (Lipinski definition) is 1. The molecule has 1 N–H and O–H groups in total. The Morgan fingerprint density at radius 3 is 2.75 bits per heavy atom. The summed E-state index contributed by atoms with van der Waals surface area (Å²) in [5, 5.41) is 10.1. The second-order valence-electron chi connectivity index (χ2n) is 2.55. The topological polar surface area (TPSA) is 20.2 Å². The summed E-state index contributed by atoms with van der Waals surface area (Å²) in [6.07, 6.45) is 0.0585. The smallest absolute Gasteiger partial charge is 0.0801 e. The van der Waals surface area contributed by atoms with Gasteiger partial charge in [-0.25, -0.2) is 0 Å². The van der Waals surface area contributed by atoms with Crippen molar-refractivity contribution in [1.29, 1.82) is 0 Å². The van der Waals surface area contributed by atoms with Crippen LogP contribution < -0.4 is 0 Å². The van der Waals surface area contributed by atoms with E-state index in [2.05, 4.69) is 0 Å². The van der Waals surface area contributed by atoms with Crippen molar-refractivity contribution in [2.24, 2.45) is 0 Å². The van der Waals surface area contributed by atoms with Crippen LogP contribution in [-0.4, -0.2) is 11.0 Å². The molecule has 0 aromatic heterocycles. The quantitative estimate of drug-likeness (QED) is 0.752. The maximum absolute atomic E-state index is 9.50.